The van der Waals surface area contributed by atoms with E-state index < -0.39 is 40.8 Å². The Balaban J connectivity index is 1.24. The van der Waals surface area contributed by atoms with Crippen molar-refractivity contribution in [3.05, 3.63) is 88.6 Å². The largest absolute Gasteiger partial charge is 0.446 e. The minimum atomic E-state index is -4.70. The Morgan fingerprint density at radius 3 is 1.79 bits per heavy atom. The minimum Gasteiger partial charge on any atom is -0.446 e. The number of carbonyl (C=O) groups excluding carboxylic acids is 2. The highest BCUT2D eigenvalue weighted by Gasteiger charge is 2.36. The molecule has 0 radical (unpaired) electrons. The van der Waals surface area contributed by atoms with Gasteiger partial charge < -0.3 is 42.2 Å². The number of carbonyl (C=O) groups is 2. The van der Waals surface area contributed by atoms with E-state index in [9.17, 15) is 23.1 Å². The number of aromatic nitrogens is 6. The summed E-state index contributed by atoms with van der Waals surface area (Å²) < 4.78 is 69.4. The van der Waals surface area contributed by atoms with Crippen LogP contribution < -0.4 is 10.6 Å². The topological polar surface area (TPSA) is 278 Å². The van der Waals surface area contributed by atoms with E-state index in [1.165, 1.54) is 19.5 Å². The molecular formula is C40H40N8O12S. The van der Waals surface area contributed by atoms with E-state index in [0.29, 0.717) is 11.1 Å². The highest BCUT2D eigenvalue weighted by atomic mass is 32.2. The standard InChI is InChI=1S/C40H40N8O12S/c1-16(2)21-9-22(17(3)4)31(23(10-21)18(5)6)61(52,53)60-40-39-47-30(20(8)59-39)38-46-29(19(7)58-38)37-43-25(13-57-37)32(50)41-24(11-49)34-44-28(14-55-34)36-45-27(15-56-36)35-42-26(12-54-35)33(51)48-40/h9-10,12-18,24,40,49H,11H2,1-8H3,(H,41,50)(H,48,51)/t24-,40-/m0/s1. The average molecular weight is 857 g/mol. The summed E-state index contributed by atoms with van der Waals surface area (Å²) in [6.07, 6.45) is 2.65. The van der Waals surface area contributed by atoms with E-state index in [1.807, 2.05) is 53.7 Å². The van der Waals surface area contributed by atoms with Crippen molar-refractivity contribution in [2.24, 2.45) is 0 Å². The van der Waals surface area contributed by atoms with Crippen molar-refractivity contribution in [1.82, 2.24) is 40.5 Å². The van der Waals surface area contributed by atoms with Crippen molar-refractivity contribution in [1.29, 1.82) is 0 Å². The second-order valence-electron chi connectivity index (χ2n) is 15.2. The molecule has 318 valence electrons. The Bertz CT molecular complexity index is 2860. The van der Waals surface area contributed by atoms with E-state index in [0.717, 1.165) is 18.1 Å². The summed E-state index contributed by atoms with van der Waals surface area (Å²) in [7, 11) is -4.70. The van der Waals surface area contributed by atoms with E-state index >= 15 is 0 Å². The fraction of sp³-hybridized carbons (Fsp3) is 0.350. The van der Waals surface area contributed by atoms with Crippen LogP contribution in [0.25, 0.3) is 46.3 Å². The number of fused-ring (bicyclic) bond motifs is 16. The van der Waals surface area contributed by atoms with E-state index in [4.69, 9.17) is 30.7 Å². The Labute approximate surface area is 347 Å². The molecule has 3 N–H and O–H groups in total. The monoisotopic (exact) mass is 856 g/mol. The van der Waals surface area contributed by atoms with Crippen LogP contribution in [0.5, 0.6) is 0 Å². The fourth-order valence-electron chi connectivity index (χ4n) is 6.53. The number of oxazole rings is 6. The molecule has 0 spiro atoms. The molecule has 2 atom stereocenters. The zero-order chi connectivity index (χ0) is 43.5. The lowest BCUT2D eigenvalue weighted by Gasteiger charge is -2.24. The van der Waals surface area contributed by atoms with Gasteiger partial charge in [-0.25, -0.2) is 34.1 Å². The Hall–Kier alpha value is -6.71. The Morgan fingerprint density at radius 1 is 0.639 bits per heavy atom. The SMILES string of the molecule is Cc1oc2nc1-c1nc(co1)C(=O)N[C@@H](CO)c1nc(co1)-c1nc(co1)-c1nc(co1)C(=O)N[C@@H](OS(=O)(=O)c1c(C(C)C)cc(C(C)C)cc1C(C)C)c1nc-2c(C)o1. The third kappa shape index (κ3) is 7.77. The molecule has 7 heterocycles. The molecule has 21 heteroatoms. The van der Waals surface area contributed by atoms with Crippen LogP contribution in [0.2, 0.25) is 0 Å². The summed E-state index contributed by atoms with van der Waals surface area (Å²) in [4.78, 5) is 53.3. The van der Waals surface area contributed by atoms with Gasteiger partial charge in [0.25, 0.3) is 21.9 Å². The molecule has 6 aromatic heterocycles. The third-order valence-corrected chi connectivity index (χ3v) is 11.2. The number of rotatable bonds is 7. The molecule has 8 rings (SSSR count). The maximum atomic E-state index is 14.6. The van der Waals surface area contributed by atoms with Crippen LogP contribution in [0.1, 0.15) is 133 Å². The van der Waals surface area contributed by atoms with Crippen LogP contribution in [0.15, 0.2) is 68.6 Å². The van der Waals surface area contributed by atoms with Crippen molar-refractivity contribution >= 4 is 21.9 Å². The molecule has 0 saturated carbocycles. The van der Waals surface area contributed by atoms with Crippen molar-refractivity contribution in [3.63, 3.8) is 0 Å². The van der Waals surface area contributed by atoms with Gasteiger partial charge >= 0.3 is 0 Å². The number of amides is 2. The smallest absolute Gasteiger partial charge is 0.300 e. The van der Waals surface area contributed by atoms with Crippen molar-refractivity contribution in [3.8, 4) is 46.3 Å². The lowest BCUT2D eigenvalue weighted by Crippen LogP contribution is -2.33. The van der Waals surface area contributed by atoms with E-state index in [-0.39, 0.29) is 104 Å². The van der Waals surface area contributed by atoms with Gasteiger partial charge in [0.15, 0.2) is 34.2 Å². The fourth-order valence-corrected chi connectivity index (χ4v) is 8.18. The summed E-state index contributed by atoms with van der Waals surface area (Å²) in [5.41, 5.74) is 1.84. The van der Waals surface area contributed by atoms with E-state index in [2.05, 4.69) is 40.5 Å². The van der Waals surface area contributed by atoms with Gasteiger partial charge in [0.1, 0.15) is 47.5 Å². The molecule has 7 aromatic rings. The summed E-state index contributed by atoms with van der Waals surface area (Å²) in [5.74, 6) is -2.53. The van der Waals surface area contributed by atoms with Crippen LogP contribution in [-0.4, -0.2) is 61.8 Å². The Kier molecular flexibility index (Phi) is 10.6. The summed E-state index contributed by atoms with van der Waals surface area (Å²) in [5, 5.41) is 15.2. The average Bonchev–Trinajstić information content (AvgIpc) is 4.07. The number of hydrogen-bond donors (Lipinski definition) is 3. The normalized spacial score (nSPS) is 16.0. The van der Waals surface area contributed by atoms with Gasteiger partial charge in [-0.15, -0.1) is 0 Å². The summed E-state index contributed by atoms with van der Waals surface area (Å²) in [6, 6.07) is 2.60. The second kappa shape index (κ2) is 15.7. The third-order valence-electron chi connectivity index (χ3n) is 9.78. The van der Waals surface area contributed by atoms with Gasteiger partial charge in [0, 0.05) is 0 Å². The number of benzene rings is 1. The quantitative estimate of drug-likeness (QED) is 0.138. The lowest BCUT2D eigenvalue weighted by molar-refractivity contribution is 0.0786. The summed E-state index contributed by atoms with van der Waals surface area (Å²) in [6.45, 7) is 14.1. The highest BCUT2D eigenvalue weighted by Crippen LogP contribution is 2.38. The van der Waals surface area contributed by atoms with Crippen LogP contribution >= 0.6 is 0 Å². The molecule has 0 aliphatic carbocycles. The van der Waals surface area contributed by atoms with Crippen LogP contribution in [0.4, 0.5) is 0 Å². The first-order valence-electron chi connectivity index (χ1n) is 19.1. The van der Waals surface area contributed by atoms with Gasteiger partial charge in [0.05, 0.1) is 6.61 Å². The molecule has 0 fully saturated rings. The Morgan fingerprint density at radius 2 is 1.16 bits per heavy atom. The zero-order valence-corrected chi connectivity index (χ0v) is 34.9. The van der Waals surface area contributed by atoms with Gasteiger partial charge in [0.2, 0.25) is 41.6 Å². The van der Waals surface area contributed by atoms with Crippen molar-refractivity contribution in [2.75, 3.05) is 6.61 Å². The van der Waals surface area contributed by atoms with Gasteiger partial charge in [-0.1, -0.05) is 53.7 Å². The molecule has 0 unspecified atom stereocenters. The molecule has 1 aliphatic rings. The number of aliphatic hydroxyl groups excluding tert-OH is 1. The zero-order valence-electron chi connectivity index (χ0n) is 34.1. The van der Waals surface area contributed by atoms with Crippen LogP contribution in [-0.2, 0) is 14.3 Å². The minimum absolute atomic E-state index is 0.0252. The van der Waals surface area contributed by atoms with Gasteiger partial charge in [-0.2, -0.15) is 8.42 Å². The van der Waals surface area contributed by atoms with Crippen LogP contribution in [0, 0.1) is 13.8 Å². The predicted molar refractivity (Wildman–Crippen MR) is 209 cm³/mol. The van der Waals surface area contributed by atoms with Crippen molar-refractivity contribution in [2.45, 2.75) is 90.3 Å². The molecule has 61 heavy (non-hydrogen) atoms. The molecule has 1 aromatic carbocycles. The van der Waals surface area contributed by atoms with E-state index in [1.54, 1.807) is 6.92 Å². The van der Waals surface area contributed by atoms with Crippen molar-refractivity contribution < 1.29 is 53.8 Å². The number of aliphatic hydroxyl groups is 1. The van der Waals surface area contributed by atoms with Gasteiger partial charge in [-0.3, -0.25) is 9.59 Å². The highest BCUT2D eigenvalue weighted by molar-refractivity contribution is 7.86. The molecule has 12 bridgehead atoms. The van der Waals surface area contributed by atoms with Gasteiger partial charge in [-0.05, 0) is 48.3 Å². The lowest BCUT2D eigenvalue weighted by atomic mass is 9.89. The number of nitrogens with one attached hydrogen (secondary N) is 2. The first-order valence-corrected chi connectivity index (χ1v) is 20.5. The molecular weight excluding hydrogens is 817 g/mol. The number of nitrogens with zero attached hydrogens (tertiary/aromatic N) is 6. The summed E-state index contributed by atoms with van der Waals surface area (Å²) >= 11 is 0. The molecule has 0 saturated heterocycles. The first-order chi connectivity index (χ1) is 29.0. The molecule has 2 amide bonds. The maximum absolute atomic E-state index is 14.6. The number of hydrogen-bond acceptors (Lipinski definition) is 18. The maximum Gasteiger partial charge on any atom is 0.300 e. The second-order valence-corrected chi connectivity index (χ2v) is 16.7. The molecule has 1 aliphatic heterocycles. The predicted octanol–water partition coefficient (Wildman–Crippen LogP) is 6.88. The number of aryl methyl sites for hydroxylation is 2. The van der Waals surface area contributed by atoms with Crippen LogP contribution in [0.3, 0.4) is 0 Å². The first kappa shape index (κ1) is 41.0. The molecule has 20 nitrogen and oxygen atoms in total.